The van der Waals surface area contributed by atoms with Crippen LogP contribution in [0.3, 0.4) is 0 Å². The average Bonchev–Trinajstić information content (AvgIpc) is 2.81. The van der Waals surface area contributed by atoms with Crippen molar-refractivity contribution in [3.63, 3.8) is 0 Å². The van der Waals surface area contributed by atoms with E-state index in [9.17, 15) is 9.59 Å². The summed E-state index contributed by atoms with van der Waals surface area (Å²) >= 11 is 0. The molecule has 0 bridgehead atoms. The fourth-order valence-electron chi connectivity index (χ4n) is 3.01. The van der Waals surface area contributed by atoms with Gasteiger partial charge in [-0.25, -0.2) is 9.69 Å². The van der Waals surface area contributed by atoms with Gasteiger partial charge in [-0.3, -0.25) is 4.79 Å². The molecule has 1 saturated heterocycles. The van der Waals surface area contributed by atoms with E-state index in [0.717, 1.165) is 24.8 Å². The summed E-state index contributed by atoms with van der Waals surface area (Å²) in [4.78, 5) is 25.7. The van der Waals surface area contributed by atoms with Crippen molar-refractivity contribution in [3.8, 4) is 0 Å². The van der Waals surface area contributed by atoms with Crippen LogP contribution in [0.15, 0.2) is 30.3 Å². The molecule has 2 rings (SSSR count). The van der Waals surface area contributed by atoms with Crippen molar-refractivity contribution in [1.82, 2.24) is 4.90 Å². The van der Waals surface area contributed by atoms with Crippen LogP contribution < -0.4 is 0 Å². The van der Waals surface area contributed by atoms with Crippen molar-refractivity contribution in [3.05, 3.63) is 35.9 Å². The Hall–Kier alpha value is -1.84. The number of hydrogen-bond donors (Lipinski definition) is 0. The van der Waals surface area contributed by atoms with Crippen LogP contribution in [0.5, 0.6) is 0 Å². The largest absolute Gasteiger partial charge is 0.439 e. The molecule has 22 heavy (non-hydrogen) atoms. The van der Waals surface area contributed by atoms with Crippen LogP contribution in [-0.4, -0.2) is 22.9 Å². The van der Waals surface area contributed by atoms with E-state index < -0.39 is 6.09 Å². The predicted octanol–water partition coefficient (Wildman–Crippen LogP) is 4.31. The highest BCUT2D eigenvalue weighted by molar-refractivity contribution is 5.93. The molecule has 1 aromatic carbocycles. The van der Waals surface area contributed by atoms with Crippen molar-refractivity contribution >= 4 is 12.0 Å². The summed E-state index contributed by atoms with van der Waals surface area (Å²) in [6, 6.07) is 9.32. The SMILES string of the molecule is CCCC(C)CCC(=O)N1C(=O)OC(c2ccccc2)C1C. The topological polar surface area (TPSA) is 46.6 Å². The maximum absolute atomic E-state index is 12.4. The molecule has 2 amide bonds. The second-order valence-electron chi connectivity index (χ2n) is 6.15. The van der Waals surface area contributed by atoms with Crippen LogP contribution in [0.1, 0.15) is 58.1 Å². The minimum absolute atomic E-state index is 0.126. The van der Waals surface area contributed by atoms with E-state index in [-0.39, 0.29) is 18.1 Å². The molecule has 4 heteroatoms. The maximum atomic E-state index is 12.4. The Kier molecular flexibility index (Phi) is 5.58. The van der Waals surface area contributed by atoms with Crippen LogP contribution in [0.25, 0.3) is 0 Å². The van der Waals surface area contributed by atoms with Gasteiger partial charge in [-0.05, 0) is 24.8 Å². The Morgan fingerprint density at radius 3 is 2.59 bits per heavy atom. The minimum atomic E-state index is -0.519. The van der Waals surface area contributed by atoms with Gasteiger partial charge >= 0.3 is 6.09 Å². The van der Waals surface area contributed by atoms with E-state index in [0.29, 0.717) is 12.3 Å². The zero-order valence-electron chi connectivity index (χ0n) is 13.6. The summed E-state index contributed by atoms with van der Waals surface area (Å²) in [6.07, 6.45) is 2.56. The van der Waals surface area contributed by atoms with Crippen molar-refractivity contribution in [2.24, 2.45) is 5.92 Å². The highest BCUT2D eigenvalue weighted by atomic mass is 16.6. The first-order valence-electron chi connectivity index (χ1n) is 8.12. The molecule has 0 N–H and O–H groups in total. The smallest absolute Gasteiger partial charge is 0.417 e. The zero-order valence-corrected chi connectivity index (χ0v) is 13.6. The van der Waals surface area contributed by atoms with Crippen molar-refractivity contribution in [1.29, 1.82) is 0 Å². The van der Waals surface area contributed by atoms with E-state index >= 15 is 0 Å². The molecule has 3 atom stereocenters. The first kappa shape index (κ1) is 16.5. The van der Waals surface area contributed by atoms with E-state index in [2.05, 4.69) is 13.8 Å². The number of cyclic esters (lactones) is 1. The number of hydrogen-bond acceptors (Lipinski definition) is 3. The van der Waals surface area contributed by atoms with Gasteiger partial charge in [0.2, 0.25) is 5.91 Å². The third-order valence-electron chi connectivity index (χ3n) is 4.30. The summed E-state index contributed by atoms with van der Waals surface area (Å²) in [6.45, 7) is 6.16. The number of imide groups is 1. The molecule has 0 radical (unpaired) electrons. The van der Waals surface area contributed by atoms with Gasteiger partial charge in [0.25, 0.3) is 0 Å². The Morgan fingerprint density at radius 2 is 1.95 bits per heavy atom. The Balaban J connectivity index is 1.99. The lowest BCUT2D eigenvalue weighted by molar-refractivity contribution is -0.129. The van der Waals surface area contributed by atoms with Gasteiger partial charge < -0.3 is 4.74 Å². The number of carbonyl (C=O) groups excluding carboxylic acids is 2. The molecule has 1 heterocycles. The molecule has 0 spiro atoms. The third kappa shape index (κ3) is 3.67. The van der Waals surface area contributed by atoms with Crippen LogP contribution in [0, 0.1) is 5.92 Å². The van der Waals surface area contributed by atoms with Crippen molar-refractivity contribution in [2.45, 2.75) is 58.6 Å². The minimum Gasteiger partial charge on any atom is -0.439 e. The fraction of sp³-hybridized carbons (Fsp3) is 0.556. The molecule has 1 aliphatic rings. The quantitative estimate of drug-likeness (QED) is 0.786. The lowest BCUT2D eigenvalue weighted by atomic mass is 9.99. The van der Waals surface area contributed by atoms with Gasteiger partial charge in [0.1, 0.15) is 6.10 Å². The van der Waals surface area contributed by atoms with Gasteiger partial charge in [-0.1, -0.05) is 57.0 Å². The van der Waals surface area contributed by atoms with E-state index in [1.165, 1.54) is 4.90 Å². The maximum Gasteiger partial charge on any atom is 0.417 e. The van der Waals surface area contributed by atoms with Crippen LogP contribution >= 0.6 is 0 Å². The Morgan fingerprint density at radius 1 is 1.27 bits per heavy atom. The predicted molar refractivity (Wildman–Crippen MR) is 85.3 cm³/mol. The summed E-state index contributed by atoms with van der Waals surface area (Å²) in [5, 5.41) is 0. The molecule has 0 aromatic heterocycles. The second kappa shape index (κ2) is 7.43. The third-order valence-corrected chi connectivity index (χ3v) is 4.30. The first-order chi connectivity index (χ1) is 10.5. The van der Waals surface area contributed by atoms with Crippen LogP contribution in [-0.2, 0) is 9.53 Å². The van der Waals surface area contributed by atoms with Crippen LogP contribution in [0.2, 0.25) is 0 Å². The van der Waals surface area contributed by atoms with Crippen molar-refractivity contribution < 1.29 is 14.3 Å². The number of carbonyl (C=O) groups is 2. The standard InChI is InChI=1S/C18H25NO3/c1-4-8-13(2)11-12-16(20)19-14(3)17(22-18(19)21)15-9-6-5-7-10-15/h5-7,9-10,13-14,17H,4,8,11-12H2,1-3H3. The van der Waals surface area contributed by atoms with E-state index in [1.807, 2.05) is 37.3 Å². The van der Waals surface area contributed by atoms with Crippen LogP contribution in [0.4, 0.5) is 4.79 Å². The summed E-state index contributed by atoms with van der Waals surface area (Å²) in [7, 11) is 0. The molecule has 1 fully saturated rings. The first-order valence-corrected chi connectivity index (χ1v) is 8.12. The van der Waals surface area contributed by atoms with Gasteiger partial charge in [0.15, 0.2) is 0 Å². The molecule has 1 aromatic rings. The van der Waals surface area contributed by atoms with Gasteiger partial charge in [0.05, 0.1) is 6.04 Å². The second-order valence-corrected chi connectivity index (χ2v) is 6.15. The number of amides is 2. The molecular formula is C18H25NO3. The van der Waals surface area contributed by atoms with Gasteiger partial charge in [-0.15, -0.1) is 0 Å². The van der Waals surface area contributed by atoms with Crippen molar-refractivity contribution in [2.75, 3.05) is 0 Å². The lowest BCUT2D eigenvalue weighted by Gasteiger charge is -2.20. The highest BCUT2D eigenvalue weighted by Gasteiger charge is 2.42. The van der Waals surface area contributed by atoms with E-state index in [1.54, 1.807) is 0 Å². The summed E-state index contributed by atoms with van der Waals surface area (Å²) < 4.78 is 5.41. The summed E-state index contributed by atoms with van der Waals surface area (Å²) in [5.41, 5.74) is 0.929. The molecular weight excluding hydrogens is 278 g/mol. The molecule has 1 aliphatic heterocycles. The zero-order chi connectivity index (χ0) is 16.1. The number of ether oxygens (including phenoxy) is 1. The molecule has 4 nitrogen and oxygen atoms in total. The van der Waals surface area contributed by atoms with E-state index in [4.69, 9.17) is 4.74 Å². The Labute approximate surface area is 132 Å². The lowest BCUT2D eigenvalue weighted by Crippen LogP contribution is -2.37. The molecule has 0 saturated carbocycles. The van der Waals surface area contributed by atoms with Gasteiger partial charge in [0, 0.05) is 6.42 Å². The number of benzene rings is 1. The summed E-state index contributed by atoms with van der Waals surface area (Å²) in [5.74, 6) is 0.381. The fourth-order valence-corrected chi connectivity index (χ4v) is 3.01. The monoisotopic (exact) mass is 303 g/mol. The molecule has 3 unspecified atom stereocenters. The Bertz CT molecular complexity index is 514. The molecule has 120 valence electrons. The number of nitrogens with zero attached hydrogens (tertiary/aromatic N) is 1. The normalized spacial score (nSPS) is 22.5. The highest BCUT2D eigenvalue weighted by Crippen LogP contribution is 2.33. The van der Waals surface area contributed by atoms with Gasteiger partial charge in [-0.2, -0.15) is 0 Å². The molecule has 0 aliphatic carbocycles. The number of rotatable bonds is 6. The average molecular weight is 303 g/mol.